The number of hydrogen-bond donors (Lipinski definition) is 2. The second kappa shape index (κ2) is 6.01. The molecule has 20 heavy (non-hydrogen) atoms. The van der Waals surface area contributed by atoms with Gasteiger partial charge in [0.05, 0.1) is 19.9 Å². The fourth-order valence-electron chi connectivity index (χ4n) is 2.01. The van der Waals surface area contributed by atoms with E-state index in [4.69, 9.17) is 20.4 Å². The maximum atomic E-state index is 8.76. The predicted molar refractivity (Wildman–Crippen MR) is 75.6 cm³/mol. The molecule has 3 N–H and O–H groups in total. The zero-order valence-electron chi connectivity index (χ0n) is 11.4. The fraction of sp³-hybridized carbons (Fsp3) is 0.214. The number of ether oxygens (including phenoxy) is 2. The Morgan fingerprint density at radius 3 is 2.65 bits per heavy atom. The Balaban J connectivity index is 2.29. The molecule has 0 atom stereocenters. The molecule has 2 rings (SSSR count). The van der Waals surface area contributed by atoms with Crippen LogP contribution in [0.2, 0.25) is 0 Å². The summed E-state index contributed by atoms with van der Waals surface area (Å²) in [5.74, 6) is 1.43. The molecule has 1 aromatic carbocycles. The van der Waals surface area contributed by atoms with Crippen molar-refractivity contribution >= 4 is 5.84 Å². The number of hydrogen-bond acceptors (Lipinski definition) is 4. The lowest BCUT2D eigenvalue weighted by molar-refractivity contribution is 0.318. The first-order valence-corrected chi connectivity index (χ1v) is 6.03. The van der Waals surface area contributed by atoms with Crippen LogP contribution in [0.1, 0.15) is 11.3 Å². The summed E-state index contributed by atoms with van der Waals surface area (Å²) >= 11 is 0. The van der Waals surface area contributed by atoms with Crippen LogP contribution in [0.3, 0.4) is 0 Å². The summed E-state index contributed by atoms with van der Waals surface area (Å²) in [4.78, 5) is 0. The van der Waals surface area contributed by atoms with Crippen molar-refractivity contribution in [1.82, 2.24) is 4.57 Å². The van der Waals surface area contributed by atoms with Crippen molar-refractivity contribution in [3.63, 3.8) is 0 Å². The average Bonchev–Trinajstić information content (AvgIpc) is 2.94. The zero-order valence-corrected chi connectivity index (χ0v) is 11.4. The summed E-state index contributed by atoms with van der Waals surface area (Å²) < 4.78 is 12.4. The Kier molecular flexibility index (Phi) is 4.14. The second-order valence-corrected chi connectivity index (χ2v) is 4.20. The average molecular weight is 275 g/mol. The molecule has 0 spiro atoms. The molecule has 1 aromatic heterocycles. The van der Waals surface area contributed by atoms with Crippen LogP contribution in [0.4, 0.5) is 0 Å². The standard InChI is InChI=1S/C14H17N3O3/c1-19-12-6-5-10(8-13(12)20-2)9-17-7-3-4-11(17)14(15)16-18/h3-8,18H,9H2,1-2H3,(H2,15,16). The summed E-state index contributed by atoms with van der Waals surface area (Å²) in [6, 6.07) is 9.32. The van der Waals surface area contributed by atoms with Gasteiger partial charge in [0, 0.05) is 12.7 Å². The lowest BCUT2D eigenvalue weighted by Gasteiger charge is -2.12. The van der Waals surface area contributed by atoms with E-state index < -0.39 is 0 Å². The second-order valence-electron chi connectivity index (χ2n) is 4.20. The number of rotatable bonds is 5. The SMILES string of the molecule is COc1ccc(Cn2cccc2/C(N)=N/O)cc1OC. The molecule has 0 amide bonds. The van der Waals surface area contributed by atoms with Crippen LogP contribution < -0.4 is 15.2 Å². The number of nitrogens with zero attached hydrogens (tertiary/aromatic N) is 2. The number of benzene rings is 1. The Hall–Kier alpha value is -2.63. The third kappa shape index (κ3) is 2.69. The van der Waals surface area contributed by atoms with Crippen molar-refractivity contribution in [2.75, 3.05) is 14.2 Å². The van der Waals surface area contributed by atoms with Crippen LogP contribution in [0.5, 0.6) is 11.5 Å². The third-order valence-electron chi connectivity index (χ3n) is 3.00. The van der Waals surface area contributed by atoms with Crippen molar-refractivity contribution in [3.05, 3.63) is 47.8 Å². The summed E-state index contributed by atoms with van der Waals surface area (Å²) in [6.45, 7) is 0.582. The molecule has 2 aromatic rings. The molecule has 0 saturated carbocycles. The molecule has 0 fully saturated rings. The highest BCUT2D eigenvalue weighted by Gasteiger charge is 2.08. The van der Waals surface area contributed by atoms with Gasteiger partial charge in [-0.1, -0.05) is 11.2 Å². The number of nitrogens with two attached hydrogens (primary N) is 1. The summed E-state index contributed by atoms with van der Waals surface area (Å²) in [5.41, 5.74) is 7.30. The molecule has 6 heteroatoms. The first kappa shape index (κ1) is 13.8. The molecular weight excluding hydrogens is 258 g/mol. The normalized spacial score (nSPS) is 11.4. The van der Waals surface area contributed by atoms with Gasteiger partial charge in [-0.15, -0.1) is 0 Å². The Morgan fingerprint density at radius 2 is 2.00 bits per heavy atom. The van der Waals surface area contributed by atoms with Gasteiger partial charge in [0.25, 0.3) is 0 Å². The minimum atomic E-state index is 0.0791. The van der Waals surface area contributed by atoms with Crippen LogP contribution >= 0.6 is 0 Å². The largest absolute Gasteiger partial charge is 0.493 e. The van der Waals surface area contributed by atoms with Gasteiger partial charge in [-0.2, -0.15) is 0 Å². The van der Waals surface area contributed by atoms with E-state index >= 15 is 0 Å². The van der Waals surface area contributed by atoms with E-state index in [-0.39, 0.29) is 5.84 Å². The van der Waals surface area contributed by atoms with E-state index in [1.54, 1.807) is 20.3 Å². The van der Waals surface area contributed by atoms with Gasteiger partial charge in [0.2, 0.25) is 0 Å². The van der Waals surface area contributed by atoms with Crippen LogP contribution in [0, 0.1) is 0 Å². The highest BCUT2D eigenvalue weighted by molar-refractivity contribution is 5.95. The van der Waals surface area contributed by atoms with Gasteiger partial charge in [-0.3, -0.25) is 0 Å². The lowest BCUT2D eigenvalue weighted by atomic mass is 10.2. The van der Waals surface area contributed by atoms with Gasteiger partial charge in [-0.05, 0) is 29.8 Å². The van der Waals surface area contributed by atoms with Crippen molar-refractivity contribution in [1.29, 1.82) is 0 Å². The summed E-state index contributed by atoms with van der Waals surface area (Å²) in [7, 11) is 3.19. The molecule has 6 nitrogen and oxygen atoms in total. The molecule has 0 unspecified atom stereocenters. The van der Waals surface area contributed by atoms with Gasteiger partial charge in [0.15, 0.2) is 17.3 Å². The predicted octanol–water partition coefficient (Wildman–Crippen LogP) is 1.65. The highest BCUT2D eigenvalue weighted by Crippen LogP contribution is 2.28. The first-order valence-electron chi connectivity index (χ1n) is 6.03. The van der Waals surface area contributed by atoms with Crippen molar-refractivity contribution in [2.24, 2.45) is 10.9 Å². The highest BCUT2D eigenvalue weighted by atomic mass is 16.5. The number of methoxy groups -OCH3 is 2. The maximum absolute atomic E-state index is 8.76. The quantitative estimate of drug-likeness (QED) is 0.376. The molecule has 0 aliphatic rings. The van der Waals surface area contributed by atoms with Crippen LogP contribution in [0.25, 0.3) is 0 Å². The maximum Gasteiger partial charge on any atom is 0.186 e. The van der Waals surface area contributed by atoms with Gasteiger partial charge >= 0.3 is 0 Å². The summed E-state index contributed by atoms with van der Waals surface area (Å²) in [5, 5.41) is 11.8. The molecule has 0 radical (unpaired) electrons. The van der Waals surface area contributed by atoms with Gasteiger partial charge in [0.1, 0.15) is 0 Å². The van der Waals surface area contributed by atoms with E-state index in [1.165, 1.54) is 0 Å². The molecule has 0 aliphatic carbocycles. The minimum absolute atomic E-state index is 0.0791. The molecule has 0 aliphatic heterocycles. The number of oxime groups is 1. The van der Waals surface area contributed by atoms with Gasteiger partial charge < -0.3 is 25.0 Å². The molecule has 106 valence electrons. The Bertz CT molecular complexity index is 620. The zero-order chi connectivity index (χ0) is 14.5. The fourth-order valence-corrected chi connectivity index (χ4v) is 2.01. The van der Waals surface area contributed by atoms with Crippen molar-refractivity contribution < 1.29 is 14.7 Å². The lowest BCUT2D eigenvalue weighted by Crippen LogP contribution is -2.18. The number of aromatic nitrogens is 1. The summed E-state index contributed by atoms with van der Waals surface area (Å²) in [6.07, 6.45) is 1.87. The van der Waals surface area contributed by atoms with Crippen LogP contribution in [-0.2, 0) is 6.54 Å². The monoisotopic (exact) mass is 275 g/mol. The van der Waals surface area contributed by atoms with E-state index in [1.807, 2.05) is 35.0 Å². The van der Waals surface area contributed by atoms with E-state index in [0.29, 0.717) is 23.7 Å². The Morgan fingerprint density at radius 1 is 1.25 bits per heavy atom. The third-order valence-corrected chi connectivity index (χ3v) is 3.00. The van der Waals surface area contributed by atoms with Gasteiger partial charge in [-0.25, -0.2) is 0 Å². The molecule has 1 heterocycles. The number of amidine groups is 1. The van der Waals surface area contributed by atoms with E-state index in [9.17, 15) is 0 Å². The van der Waals surface area contributed by atoms with Crippen LogP contribution in [0.15, 0.2) is 41.7 Å². The molecule has 0 bridgehead atoms. The van der Waals surface area contributed by atoms with Crippen molar-refractivity contribution in [2.45, 2.75) is 6.54 Å². The first-order chi connectivity index (χ1) is 9.69. The Labute approximate surface area is 117 Å². The smallest absolute Gasteiger partial charge is 0.186 e. The molecular formula is C14H17N3O3. The topological polar surface area (TPSA) is 82.0 Å². The molecule has 0 saturated heterocycles. The van der Waals surface area contributed by atoms with Crippen molar-refractivity contribution in [3.8, 4) is 11.5 Å². The minimum Gasteiger partial charge on any atom is -0.493 e. The van der Waals surface area contributed by atoms with E-state index in [0.717, 1.165) is 5.56 Å². The van der Waals surface area contributed by atoms with Crippen LogP contribution in [-0.4, -0.2) is 29.8 Å². The van der Waals surface area contributed by atoms with E-state index in [2.05, 4.69) is 5.16 Å².